The van der Waals surface area contributed by atoms with Crippen LogP contribution in [0, 0.1) is 20.8 Å². The third-order valence-electron chi connectivity index (χ3n) is 3.20. The van der Waals surface area contributed by atoms with E-state index in [0.717, 1.165) is 16.8 Å². The van der Waals surface area contributed by atoms with Crippen LogP contribution in [0.15, 0.2) is 35.1 Å². The molecule has 0 aliphatic rings. The lowest BCUT2D eigenvalue weighted by atomic mass is 9.99. The molecule has 0 aliphatic heterocycles. The molecular formula is C15H19N3O. The molecule has 2 aromatic rings. The molecule has 0 spiro atoms. The molecule has 1 aromatic heterocycles. The van der Waals surface area contributed by atoms with E-state index in [0.29, 0.717) is 6.54 Å². The molecule has 0 saturated carbocycles. The second-order valence-corrected chi connectivity index (χ2v) is 4.96. The third kappa shape index (κ3) is 3.09. The summed E-state index contributed by atoms with van der Waals surface area (Å²) in [6.07, 6.45) is 0. The van der Waals surface area contributed by atoms with Gasteiger partial charge >= 0.3 is 0 Å². The molecule has 1 unspecified atom stereocenters. The highest BCUT2D eigenvalue weighted by molar-refractivity contribution is 5.32. The van der Waals surface area contributed by atoms with E-state index in [1.807, 2.05) is 20.8 Å². The number of rotatable bonds is 3. The SMILES string of the molecule is Cc1ccc(C)c(C(N)Cn2nc(C)ccc2=O)c1. The van der Waals surface area contributed by atoms with E-state index in [-0.39, 0.29) is 11.6 Å². The number of nitrogens with two attached hydrogens (primary N) is 1. The van der Waals surface area contributed by atoms with Crippen LogP contribution in [0.25, 0.3) is 0 Å². The highest BCUT2D eigenvalue weighted by atomic mass is 16.1. The molecule has 0 fully saturated rings. The van der Waals surface area contributed by atoms with Crippen molar-refractivity contribution in [2.75, 3.05) is 0 Å². The minimum Gasteiger partial charge on any atom is -0.322 e. The monoisotopic (exact) mass is 257 g/mol. The van der Waals surface area contributed by atoms with Crippen molar-refractivity contribution in [2.24, 2.45) is 5.73 Å². The summed E-state index contributed by atoms with van der Waals surface area (Å²) < 4.78 is 1.43. The van der Waals surface area contributed by atoms with Crippen LogP contribution >= 0.6 is 0 Å². The van der Waals surface area contributed by atoms with Crippen molar-refractivity contribution in [3.63, 3.8) is 0 Å². The summed E-state index contributed by atoms with van der Waals surface area (Å²) in [4.78, 5) is 11.7. The van der Waals surface area contributed by atoms with Crippen LogP contribution in [-0.2, 0) is 6.54 Å². The fourth-order valence-electron chi connectivity index (χ4n) is 2.13. The lowest BCUT2D eigenvalue weighted by Crippen LogP contribution is -2.29. The molecular weight excluding hydrogens is 238 g/mol. The van der Waals surface area contributed by atoms with E-state index in [1.165, 1.54) is 16.3 Å². The Hall–Kier alpha value is -1.94. The standard InChI is InChI=1S/C15H19N3O/c1-10-4-5-11(2)13(8-10)14(16)9-18-15(19)7-6-12(3)17-18/h4-8,14H,9,16H2,1-3H3. The van der Waals surface area contributed by atoms with Crippen molar-refractivity contribution in [3.8, 4) is 0 Å². The van der Waals surface area contributed by atoms with E-state index in [9.17, 15) is 4.79 Å². The summed E-state index contributed by atoms with van der Waals surface area (Å²) in [6, 6.07) is 9.19. The predicted molar refractivity (Wildman–Crippen MR) is 76.1 cm³/mol. The molecule has 1 atom stereocenters. The number of nitrogens with zero attached hydrogens (tertiary/aromatic N) is 2. The van der Waals surface area contributed by atoms with Crippen LogP contribution in [0.4, 0.5) is 0 Å². The Balaban J connectivity index is 2.30. The zero-order chi connectivity index (χ0) is 14.0. The van der Waals surface area contributed by atoms with Gasteiger partial charge in [0.05, 0.1) is 12.2 Å². The van der Waals surface area contributed by atoms with Gasteiger partial charge in [0.2, 0.25) is 0 Å². The average Bonchev–Trinajstić information content (AvgIpc) is 2.36. The first-order valence-corrected chi connectivity index (χ1v) is 6.35. The van der Waals surface area contributed by atoms with Crippen LogP contribution < -0.4 is 11.3 Å². The molecule has 4 heteroatoms. The average molecular weight is 257 g/mol. The minimum absolute atomic E-state index is 0.119. The van der Waals surface area contributed by atoms with Crippen molar-refractivity contribution >= 4 is 0 Å². The Morgan fingerprint density at radius 3 is 2.68 bits per heavy atom. The molecule has 4 nitrogen and oxygen atoms in total. The largest absolute Gasteiger partial charge is 0.322 e. The van der Waals surface area contributed by atoms with Gasteiger partial charge in [0.15, 0.2) is 0 Å². The minimum atomic E-state index is -0.230. The topological polar surface area (TPSA) is 60.9 Å². The van der Waals surface area contributed by atoms with Crippen molar-refractivity contribution in [3.05, 3.63) is 63.1 Å². The predicted octanol–water partition coefficient (Wildman–Crippen LogP) is 1.87. The van der Waals surface area contributed by atoms with Crippen molar-refractivity contribution in [1.82, 2.24) is 9.78 Å². The fraction of sp³-hybridized carbons (Fsp3) is 0.333. The first-order valence-electron chi connectivity index (χ1n) is 6.35. The van der Waals surface area contributed by atoms with Crippen molar-refractivity contribution in [1.29, 1.82) is 0 Å². The van der Waals surface area contributed by atoms with E-state index >= 15 is 0 Å². The molecule has 2 N–H and O–H groups in total. The van der Waals surface area contributed by atoms with Gasteiger partial charge in [-0.15, -0.1) is 0 Å². The summed E-state index contributed by atoms with van der Waals surface area (Å²) in [5, 5.41) is 4.21. The molecule has 0 aliphatic carbocycles. The van der Waals surface area contributed by atoms with Crippen LogP contribution in [0.1, 0.15) is 28.4 Å². The Kier molecular flexibility index (Phi) is 3.81. The fourth-order valence-corrected chi connectivity index (χ4v) is 2.13. The highest BCUT2D eigenvalue weighted by Crippen LogP contribution is 2.18. The number of hydrogen-bond donors (Lipinski definition) is 1. The maximum Gasteiger partial charge on any atom is 0.266 e. The molecule has 1 aromatic carbocycles. The van der Waals surface area contributed by atoms with Gasteiger partial charge in [-0.2, -0.15) is 5.10 Å². The number of benzene rings is 1. The van der Waals surface area contributed by atoms with Crippen LogP contribution in [0.5, 0.6) is 0 Å². The molecule has 0 bridgehead atoms. The van der Waals surface area contributed by atoms with Gasteiger partial charge in [0, 0.05) is 12.1 Å². The number of hydrogen-bond acceptors (Lipinski definition) is 3. The Bertz CT molecular complexity index is 646. The summed E-state index contributed by atoms with van der Waals surface area (Å²) in [6.45, 7) is 6.32. The molecule has 2 rings (SSSR count). The zero-order valence-corrected chi connectivity index (χ0v) is 11.6. The van der Waals surface area contributed by atoms with Crippen molar-refractivity contribution in [2.45, 2.75) is 33.4 Å². The molecule has 0 radical (unpaired) electrons. The van der Waals surface area contributed by atoms with Gasteiger partial charge < -0.3 is 5.73 Å². The van der Waals surface area contributed by atoms with Gasteiger partial charge in [-0.1, -0.05) is 23.8 Å². The van der Waals surface area contributed by atoms with Crippen LogP contribution in [-0.4, -0.2) is 9.78 Å². The quantitative estimate of drug-likeness (QED) is 0.913. The Morgan fingerprint density at radius 1 is 1.21 bits per heavy atom. The molecule has 0 saturated heterocycles. The molecule has 1 heterocycles. The lowest BCUT2D eigenvalue weighted by Gasteiger charge is -2.16. The second-order valence-electron chi connectivity index (χ2n) is 4.96. The zero-order valence-electron chi connectivity index (χ0n) is 11.6. The maximum absolute atomic E-state index is 11.7. The van der Waals surface area contributed by atoms with Gasteiger partial charge in [-0.25, -0.2) is 4.68 Å². The smallest absolute Gasteiger partial charge is 0.266 e. The Morgan fingerprint density at radius 2 is 1.95 bits per heavy atom. The van der Waals surface area contributed by atoms with E-state index in [2.05, 4.69) is 23.3 Å². The molecule has 19 heavy (non-hydrogen) atoms. The maximum atomic E-state index is 11.7. The summed E-state index contributed by atoms with van der Waals surface area (Å²) >= 11 is 0. The number of aryl methyl sites for hydroxylation is 3. The van der Waals surface area contributed by atoms with E-state index in [1.54, 1.807) is 6.07 Å². The summed E-state index contributed by atoms with van der Waals surface area (Å²) in [5.41, 5.74) is 10.3. The van der Waals surface area contributed by atoms with Gasteiger partial charge in [-0.3, -0.25) is 4.79 Å². The van der Waals surface area contributed by atoms with Gasteiger partial charge in [0.25, 0.3) is 5.56 Å². The summed E-state index contributed by atoms with van der Waals surface area (Å²) in [7, 11) is 0. The molecule has 0 amide bonds. The van der Waals surface area contributed by atoms with E-state index < -0.39 is 0 Å². The van der Waals surface area contributed by atoms with Crippen LogP contribution in [0.2, 0.25) is 0 Å². The first-order chi connectivity index (χ1) is 8.97. The first kappa shape index (κ1) is 13.5. The second kappa shape index (κ2) is 5.36. The third-order valence-corrected chi connectivity index (χ3v) is 3.20. The highest BCUT2D eigenvalue weighted by Gasteiger charge is 2.11. The summed E-state index contributed by atoms with van der Waals surface area (Å²) in [5.74, 6) is 0. The van der Waals surface area contributed by atoms with Crippen molar-refractivity contribution < 1.29 is 0 Å². The lowest BCUT2D eigenvalue weighted by molar-refractivity contribution is 0.498. The normalized spacial score (nSPS) is 12.4. The Labute approximate surface area is 112 Å². The van der Waals surface area contributed by atoms with E-state index in [4.69, 9.17) is 5.73 Å². The van der Waals surface area contributed by atoms with Gasteiger partial charge in [0.1, 0.15) is 0 Å². The molecule has 100 valence electrons. The number of aromatic nitrogens is 2. The van der Waals surface area contributed by atoms with Gasteiger partial charge in [-0.05, 0) is 38.0 Å². The van der Waals surface area contributed by atoms with Crippen LogP contribution in [0.3, 0.4) is 0 Å².